The highest BCUT2D eigenvalue weighted by Gasteiger charge is 2.26. The molecule has 1 saturated carbocycles. The molecule has 1 aliphatic carbocycles. The molecule has 0 unspecified atom stereocenters. The van der Waals surface area contributed by atoms with E-state index in [1.54, 1.807) is 6.20 Å². The summed E-state index contributed by atoms with van der Waals surface area (Å²) in [4.78, 5) is 29.7. The first-order valence-corrected chi connectivity index (χ1v) is 12.0. The zero-order valence-corrected chi connectivity index (χ0v) is 19.5. The largest absolute Gasteiger partial charge is 0.487 e. The maximum absolute atomic E-state index is 12.8. The van der Waals surface area contributed by atoms with E-state index in [4.69, 9.17) is 4.74 Å². The molecule has 0 radical (unpaired) electrons. The number of amides is 1. The van der Waals surface area contributed by atoms with Gasteiger partial charge in [-0.25, -0.2) is 4.98 Å². The number of nitrogens with zero attached hydrogens (tertiary/aromatic N) is 2. The number of hydrogen-bond acceptors (Lipinski definition) is 4. The molecule has 1 aliphatic rings. The number of rotatable bonds is 8. The average molecular weight is 448 g/mol. The minimum absolute atomic E-state index is 0.0888. The Morgan fingerprint density at radius 2 is 1.97 bits per heavy atom. The summed E-state index contributed by atoms with van der Waals surface area (Å²) in [6, 6.07) is 12.6. The van der Waals surface area contributed by atoms with Crippen LogP contribution in [0.5, 0.6) is 5.75 Å². The molecular weight excluding hydrogens is 414 g/mol. The fraction of sp³-hybridized carbons (Fsp3) is 0.444. The van der Waals surface area contributed by atoms with Gasteiger partial charge in [0.05, 0.1) is 5.69 Å². The summed E-state index contributed by atoms with van der Waals surface area (Å²) in [7, 11) is 0. The second-order valence-corrected chi connectivity index (χ2v) is 9.19. The molecule has 3 aromatic rings. The fourth-order valence-electron chi connectivity index (χ4n) is 4.60. The lowest BCUT2D eigenvalue weighted by Gasteiger charge is -2.27. The van der Waals surface area contributed by atoms with Crippen molar-refractivity contribution < 1.29 is 9.53 Å². The van der Waals surface area contributed by atoms with Crippen LogP contribution in [0.2, 0.25) is 0 Å². The minimum Gasteiger partial charge on any atom is -0.487 e. The summed E-state index contributed by atoms with van der Waals surface area (Å²) in [5, 5.41) is 3.06. The molecule has 6 heteroatoms. The SMILES string of the molecule is CCCCC1CCC(C(=O)Nc2cccc(OCc3cc(=O)n4cc(C)ccc4n3)c2)CC1. The molecule has 1 aromatic carbocycles. The molecule has 2 aromatic heterocycles. The molecule has 0 atom stereocenters. The van der Waals surface area contributed by atoms with Crippen LogP contribution < -0.4 is 15.6 Å². The second-order valence-electron chi connectivity index (χ2n) is 9.19. The summed E-state index contributed by atoms with van der Waals surface area (Å²) in [5.41, 5.74) is 2.76. The van der Waals surface area contributed by atoms with Crippen molar-refractivity contribution in [1.82, 2.24) is 9.38 Å². The van der Waals surface area contributed by atoms with Crippen molar-refractivity contribution in [3.8, 4) is 5.75 Å². The third kappa shape index (κ3) is 6.01. The van der Waals surface area contributed by atoms with Crippen molar-refractivity contribution in [2.24, 2.45) is 11.8 Å². The van der Waals surface area contributed by atoms with Crippen molar-refractivity contribution in [3.05, 3.63) is 70.3 Å². The highest BCUT2D eigenvalue weighted by Crippen LogP contribution is 2.32. The van der Waals surface area contributed by atoms with E-state index in [1.807, 2.05) is 43.3 Å². The number of fused-ring (bicyclic) bond motifs is 1. The number of nitrogens with one attached hydrogen (secondary N) is 1. The lowest BCUT2D eigenvalue weighted by Crippen LogP contribution is -2.27. The molecule has 1 fully saturated rings. The van der Waals surface area contributed by atoms with Crippen molar-refractivity contribution in [3.63, 3.8) is 0 Å². The molecule has 1 amide bonds. The summed E-state index contributed by atoms with van der Waals surface area (Å²) >= 11 is 0. The van der Waals surface area contributed by atoms with Crippen LogP contribution in [-0.2, 0) is 11.4 Å². The van der Waals surface area contributed by atoms with Crippen LogP contribution in [0.3, 0.4) is 0 Å². The smallest absolute Gasteiger partial charge is 0.258 e. The Kier molecular flexibility index (Phi) is 7.43. The van der Waals surface area contributed by atoms with Crippen LogP contribution in [0.1, 0.15) is 63.1 Å². The summed E-state index contributed by atoms with van der Waals surface area (Å²) < 4.78 is 7.41. The molecule has 4 rings (SSSR count). The molecule has 33 heavy (non-hydrogen) atoms. The third-order valence-corrected chi connectivity index (χ3v) is 6.53. The van der Waals surface area contributed by atoms with Crippen molar-refractivity contribution in [2.45, 2.75) is 65.4 Å². The molecule has 174 valence electrons. The molecular formula is C27H33N3O3. The molecule has 0 spiro atoms. The van der Waals surface area contributed by atoms with E-state index in [0.29, 0.717) is 17.1 Å². The van der Waals surface area contributed by atoms with Gasteiger partial charge in [-0.15, -0.1) is 0 Å². The molecule has 2 heterocycles. The van der Waals surface area contributed by atoms with E-state index in [0.717, 1.165) is 42.9 Å². The van der Waals surface area contributed by atoms with Gasteiger partial charge in [-0.1, -0.05) is 38.3 Å². The normalized spacial score (nSPS) is 18.2. The van der Waals surface area contributed by atoms with Gasteiger partial charge in [0.1, 0.15) is 18.0 Å². The summed E-state index contributed by atoms with van der Waals surface area (Å²) in [5.74, 6) is 1.60. The molecule has 0 bridgehead atoms. The van der Waals surface area contributed by atoms with Gasteiger partial charge in [0.15, 0.2) is 0 Å². The number of aromatic nitrogens is 2. The highest BCUT2D eigenvalue weighted by atomic mass is 16.5. The van der Waals surface area contributed by atoms with Gasteiger partial charge in [-0.2, -0.15) is 0 Å². The topological polar surface area (TPSA) is 72.7 Å². The van der Waals surface area contributed by atoms with E-state index in [1.165, 1.54) is 29.7 Å². The highest BCUT2D eigenvalue weighted by molar-refractivity contribution is 5.92. The van der Waals surface area contributed by atoms with E-state index in [9.17, 15) is 9.59 Å². The van der Waals surface area contributed by atoms with Gasteiger partial charge in [-0.3, -0.25) is 14.0 Å². The van der Waals surface area contributed by atoms with Gasteiger partial charge in [0, 0.05) is 29.9 Å². The average Bonchev–Trinajstić information content (AvgIpc) is 2.82. The standard InChI is InChI=1S/C27H33N3O3/c1-3-4-6-20-10-12-21(13-11-20)27(32)29-22-7-5-8-24(15-22)33-18-23-16-26(31)30-17-19(2)9-14-25(30)28-23/h5,7-9,14-17,20-21H,3-4,6,10-13,18H2,1-2H3,(H,29,32). The van der Waals surface area contributed by atoms with E-state index in [2.05, 4.69) is 17.2 Å². The number of pyridine rings is 1. The maximum Gasteiger partial charge on any atom is 0.258 e. The fourth-order valence-corrected chi connectivity index (χ4v) is 4.60. The number of hydrogen-bond donors (Lipinski definition) is 1. The van der Waals surface area contributed by atoms with Gasteiger partial charge in [-0.05, 0) is 62.3 Å². The number of anilines is 1. The molecule has 6 nitrogen and oxygen atoms in total. The lowest BCUT2D eigenvalue weighted by atomic mass is 9.79. The Hall–Kier alpha value is -3.15. The molecule has 0 saturated heterocycles. The van der Waals surface area contributed by atoms with Crippen LogP contribution in [0.4, 0.5) is 5.69 Å². The number of aryl methyl sites for hydroxylation is 1. The third-order valence-electron chi connectivity index (χ3n) is 6.53. The first kappa shape index (κ1) is 23.0. The van der Waals surface area contributed by atoms with E-state index >= 15 is 0 Å². The predicted molar refractivity (Wildman–Crippen MR) is 131 cm³/mol. The first-order chi connectivity index (χ1) is 16.0. The van der Waals surface area contributed by atoms with Crippen LogP contribution in [0.15, 0.2) is 53.5 Å². The predicted octanol–water partition coefficient (Wildman–Crippen LogP) is 5.52. The van der Waals surface area contributed by atoms with Crippen molar-refractivity contribution >= 4 is 17.2 Å². The minimum atomic E-state index is -0.132. The number of carbonyl (C=O) groups is 1. The molecule has 0 aliphatic heterocycles. The number of unbranched alkanes of at least 4 members (excludes halogenated alkanes) is 1. The Balaban J connectivity index is 1.34. The zero-order valence-electron chi connectivity index (χ0n) is 19.5. The quantitative estimate of drug-likeness (QED) is 0.494. The Bertz CT molecular complexity index is 1160. The van der Waals surface area contributed by atoms with Crippen LogP contribution in [0, 0.1) is 18.8 Å². The molecule has 1 N–H and O–H groups in total. The van der Waals surface area contributed by atoms with Crippen LogP contribution in [0.25, 0.3) is 5.65 Å². The van der Waals surface area contributed by atoms with Crippen molar-refractivity contribution in [2.75, 3.05) is 5.32 Å². The number of benzene rings is 1. The summed E-state index contributed by atoms with van der Waals surface area (Å²) in [6.07, 6.45) is 9.85. The van der Waals surface area contributed by atoms with Gasteiger partial charge in [0.2, 0.25) is 5.91 Å². The van der Waals surface area contributed by atoms with Gasteiger partial charge in [0.25, 0.3) is 5.56 Å². The van der Waals surface area contributed by atoms with E-state index < -0.39 is 0 Å². The maximum atomic E-state index is 12.8. The van der Waals surface area contributed by atoms with Crippen molar-refractivity contribution in [1.29, 1.82) is 0 Å². The Labute approximate surface area is 195 Å². The van der Waals surface area contributed by atoms with Gasteiger partial charge >= 0.3 is 0 Å². The second kappa shape index (κ2) is 10.6. The zero-order chi connectivity index (χ0) is 23.2. The first-order valence-electron chi connectivity index (χ1n) is 12.0. The van der Waals surface area contributed by atoms with Crippen LogP contribution >= 0.6 is 0 Å². The number of carbonyl (C=O) groups excluding carboxylic acids is 1. The van der Waals surface area contributed by atoms with Crippen LogP contribution in [-0.4, -0.2) is 15.3 Å². The van der Waals surface area contributed by atoms with E-state index in [-0.39, 0.29) is 24.0 Å². The van der Waals surface area contributed by atoms with Gasteiger partial charge < -0.3 is 10.1 Å². The summed E-state index contributed by atoms with van der Waals surface area (Å²) in [6.45, 7) is 4.35. The number of ether oxygens (including phenoxy) is 1. The Morgan fingerprint density at radius 3 is 2.76 bits per heavy atom. The Morgan fingerprint density at radius 1 is 1.15 bits per heavy atom. The lowest BCUT2D eigenvalue weighted by molar-refractivity contribution is -0.121. The monoisotopic (exact) mass is 447 g/mol.